The molecule has 0 fully saturated rings. The van der Waals surface area contributed by atoms with Crippen molar-refractivity contribution < 1.29 is 4.21 Å². The lowest BCUT2D eigenvalue weighted by Crippen LogP contribution is -2.17. The molecule has 0 saturated carbocycles. The highest BCUT2D eigenvalue weighted by Crippen LogP contribution is 2.00. The molecule has 0 radical (unpaired) electrons. The maximum Gasteiger partial charge on any atom is 0.0960 e. The average molecular weight is 183 g/mol. The van der Waals surface area contributed by atoms with Gasteiger partial charge in [-0.05, 0) is 5.56 Å². The smallest absolute Gasteiger partial charge is 0.0960 e. The Morgan fingerprint density at radius 3 is 2.58 bits per heavy atom. The Hall–Kier alpha value is -0.670. The Morgan fingerprint density at radius 1 is 1.33 bits per heavy atom. The summed E-state index contributed by atoms with van der Waals surface area (Å²) in [6.07, 6.45) is 0. The third-order valence-electron chi connectivity index (χ3n) is 1.45. The van der Waals surface area contributed by atoms with Gasteiger partial charge in [0.1, 0.15) is 0 Å². The summed E-state index contributed by atoms with van der Waals surface area (Å²) in [5.74, 6) is 0.592. The molecule has 2 nitrogen and oxygen atoms in total. The highest BCUT2D eigenvalue weighted by atomic mass is 32.2. The molecule has 0 amide bonds. The maximum absolute atomic E-state index is 11.2. The minimum absolute atomic E-state index is 0.592. The van der Waals surface area contributed by atoms with Crippen LogP contribution in [0.25, 0.3) is 0 Å². The van der Waals surface area contributed by atoms with E-state index < -0.39 is 11.0 Å². The Kier molecular flexibility index (Phi) is 3.97. The minimum atomic E-state index is -0.921. The number of hydrogen-bond acceptors (Lipinski definition) is 1. The van der Waals surface area contributed by atoms with E-state index in [1.54, 1.807) is 0 Å². The van der Waals surface area contributed by atoms with Crippen LogP contribution in [0.15, 0.2) is 30.3 Å². The van der Waals surface area contributed by atoms with Crippen molar-refractivity contribution in [3.63, 3.8) is 0 Å². The van der Waals surface area contributed by atoms with E-state index in [2.05, 4.69) is 4.72 Å². The number of nitrogens with one attached hydrogen (secondary N) is 1. The number of benzene rings is 1. The van der Waals surface area contributed by atoms with Gasteiger partial charge in [-0.3, -0.25) is 0 Å². The molecule has 0 aliphatic heterocycles. The predicted molar refractivity (Wildman–Crippen MR) is 52.0 cm³/mol. The third kappa shape index (κ3) is 3.15. The molecule has 1 aromatic rings. The highest BCUT2D eigenvalue weighted by molar-refractivity contribution is 7.82. The fraction of sp³-hybridized carbons (Fsp3) is 0.333. The first kappa shape index (κ1) is 9.42. The Bertz CT molecular complexity index is 248. The summed E-state index contributed by atoms with van der Waals surface area (Å²) < 4.78 is 14.1. The van der Waals surface area contributed by atoms with Crippen LogP contribution < -0.4 is 4.72 Å². The Balaban J connectivity index is 2.47. The standard InChI is InChI=1S/C9H13NOS/c1-2-10-12(11)8-9-6-4-3-5-7-9/h3-7,10H,2,8H2,1H3. The fourth-order valence-corrected chi connectivity index (χ4v) is 1.86. The van der Waals surface area contributed by atoms with Crippen molar-refractivity contribution in [2.75, 3.05) is 6.54 Å². The van der Waals surface area contributed by atoms with Crippen molar-refractivity contribution in [1.82, 2.24) is 4.72 Å². The van der Waals surface area contributed by atoms with Crippen LogP contribution in [0.3, 0.4) is 0 Å². The molecule has 3 heteroatoms. The zero-order chi connectivity index (χ0) is 8.81. The first-order valence-corrected chi connectivity index (χ1v) is 5.30. The van der Waals surface area contributed by atoms with E-state index in [1.807, 2.05) is 37.3 Å². The van der Waals surface area contributed by atoms with Crippen molar-refractivity contribution in [2.45, 2.75) is 12.7 Å². The van der Waals surface area contributed by atoms with Crippen molar-refractivity contribution in [1.29, 1.82) is 0 Å². The van der Waals surface area contributed by atoms with Gasteiger partial charge in [0.05, 0.1) is 16.7 Å². The Labute approximate surface area is 75.6 Å². The molecular weight excluding hydrogens is 170 g/mol. The molecular formula is C9H13NOS. The molecule has 0 heterocycles. The highest BCUT2D eigenvalue weighted by Gasteiger charge is 1.97. The molecule has 0 saturated heterocycles. The van der Waals surface area contributed by atoms with E-state index in [0.717, 1.165) is 12.1 Å². The van der Waals surface area contributed by atoms with E-state index in [4.69, 9.17) is 0 Å². The Morgan fingerprint density at radius 2 is 2.00 bits per heavy atom. The van der Waals surface area contributed by atoms with Gasteiger partial charge in [-0.1, -0.05) is 37.3 Å². The van der Waals surface area contributed by atoms with E-state index >= 15 is 0 Å². The summed E-state index contributed by atoms with van der Waals surface area (Å²) in [5.41, 5.74) is 1.11. The first-order valence-electron chi connectivity index (χ1n) is 3.98. The van der Waals surface area contributed by atoms with Gasteiger partial charge in [-0.25, -0.2) is 8.93 Å². The topological polar surface area (TPSA) is 29.1 Å². The van der Waals surface area contributed by atoms with Gasteiger partial charge < -0.3 is 0 Å². The van der Waals surface area contributed by atoms with Crippen LogP contribution in [0.1, 0.15) is 12.5 Å². The molecule has 0 aliphatic carbocycles. The van der Waals surface area contributed by atoms with E-state index in [9.17, 15) is 4.21 Å². The van der Waals surface area contributed by atoms with Gasteiger partial charge in [0, 0.05) is 6.54 Å². The lowest BCUT2D eigenvalue weighted by molar-refractivity contribution is 0.673. The lowest BCUT2D eigenvalue weighted by Gasteiger charge is -2.00. The molecule has 66 valence electrons. The van der Waals surface area contributed by atoms with Crippen molar-refractivity contribution in [3.8, 4) is 0 Å². The number of hydrogen-bond donors (Lipinski definition) is 1. The predicted octanol–water partition coefficient (Wildman–Crippen LogP) is 1.46. The van der Waals surface area contributed by atoms with Crippen LogP contribution in [0.4, 0.5) is 0 Å². The van der Waals surface area contributed by atoms with Crippen LogP contribution in [0, 0.1) is 0 Å². The molecule has 0 spiro atoms. The molecule has 1 rings (SSSR count). The van der Waals surface area contributed by atoms with Crippen LogP contribution >= 0.6 is 0 Å². The van der Waals surface area contributed by atoms with Gasteiger partial charge >= 0.3 is 0 Å². The summed E-state index contributed by atoms with van der Waals surface area (Å²) in [6.45, 7) is 2.70. The van der Waals surface area contributed by atoms with Crippen molar-refractivity contribution in [3.05, 3.63) is 35.9 Å². The van der Waals surface area contributed by atoms with Crippen LogP contribution in [0.2, 0.25) is 0 Å². The molecule has 0 aromatic heterocycles. The lowest BCUT2D eigenvalue weighted by atomic mass is 10.2. The molecule has 0 aliphatic rings. The quantitative estimate of drug-likeness (QED) is 0.752. The average Bonchev–Trinajstić information content (AvgIpc) is 2.06. The normalized spacial score (nSPS) is 12.8. The van der Waals surface area contributed by atoms with Gasteiger partial charge in [-0.2, -0.15) is 0 Å². The monoisotopic (exact) mass is 183 g/mol. The summed E-state index contributed by atoms with van der Waals surface area (Å²) >= 11 is 0. The maximum atomic E-state index is 11.2. The second kappa shape index (κ2) is 5.06. The van der Waals surface area contributed by atoms with Gasteiger partial charge in [0.2, 0.25) is 0 Å². The van der Waals surface area contributed by atoms with Crippen molar-refractivity contribution >= 4 is 11.0 Å². The van der Waals surface area contributed by atoms with E-state index in [-0.39, 0.29) is 0 Å². The van der Waals surface area contributed by atoms with E-state index in [1.165, 1.54) is 0 Å². The number of rotatable bonds is 4. The van der Waals surface area contributed by atoms with Crippen LogP contribution in [-0.2, 0) is 16.7 Å². The molecule has 1 N–H and O–H groups in total. The second-order valence-electron chi connectivity index (χ2n) is 2.47. The van der Waals surface area contributed by atoms with Gasteiger partial charge in [-0.15, -0.1) is 0 Å². The molecule has 0 bridgehead atoms. The van der Waals surface area contributed by atoms with Gasteiger partial charge in [0.25, 0.3) is 0 Å². The fourth-order valence-electron chi connectivity index (χ4n) is 0.938. The SMILES string of the molecule is CCNS(=O)Cc1ccccc1. The van der Waals surface area contributed by atoms with Crippen LogP contribution in [-0.4, -0.2) is 10.8 Å². The molecule has 1 aromatic carbocycles. The third-order valence-corrected chi connectivity index (χ3v) is 2.65. The summed E-state index contributed by atoms with van der Waals surface area (Å²) in [5, 5.41) is 0. The second-order valence-corrected chi connectivity index (χ2v) is 3.74. The summed E-state index contributed by atoms with van der Waals surface area (Å²) in [7, 11) is -0.921. The van der Waals surface area contributed by atoms with Gasteiger partial charge in [0.15, 0.2) is 0 Å². The largest absolute Gasteiger partial charge is 0.243 e. The molecule has 1 unspecified atom stereocenters. The summed E-state index contributed by atoms with van der Waals surface area (Å²) in [4.78, 5) is 0. The van der Waals surface area contributed by atoms with E-state index in [0.29, 0.717) is 5.75 Å². The zero-order valence-electron chi connectivity index (χ0n) is 7.12. The first-order chi connectivity index (χ1) is 5.83. The summed E-state index contributed by atoms with van der Waals surface area (Å²) in [6, 6.07) is 9.83. The van der Waals surface area contributed by atoms with Crippen LogP contribution in [0.5, 0.6) is 0 Å². The zero-order valence-corrected chi connectivity index (χ0v) is 7.93. The molecule has 1 atom stereocenters. The minimum Gasteiger partial charge on any atom is -0.243 e. The van der Waals surface area contributed by atoms with Crippen molar-refractivity contribution in [2.24, 2.45) is 0 Å². The molecule has 12 heavy (non-hydrogen) atoms.